The summed E-state index contributed by atoms with van der Waals surface area (Å²) in [5.41, 5.74) is 0.799. The van der Waals surface area contributed by atoms with Gasteiger partial charge in [0.05, 0.1) is 17.2 Å². The van der Waals surface area contributed by atoms with Crippen molar-refractivity contribution in [1.29, 1.82) is 0 Å². The Bertz CT molecular complexity index is 866. The van der Waals surface area contributed by atoms with Gasteiger partial charge in [-0.2, -0.15) is 0 Å². The predicted octanol–water partition coefficient (Wildman–Crippen LogP) is 3.81. The molecule has 7 heteroatoms. The van der Waals surface area contributed by atoms with Gasteiger partial charge in [0.1, 0.15) is 5.75 Å². The van der Waals surface area contributed by atoms with Crippen LogP contribution in [0.2, 0.25) is 0 Å². The van der Waals surface area contributed by atoms with Gasteiger partial charge >= 0.3 is 0 Å². The fraction of sp³-hybridized carbons (Fsp3) is 0.350. The van der Waals surface area contributed by atoms with Crippen LogP contribution >= 0.6 is 0 Å². The van der Waals surface area contributed by atoms with Gasteiger partial charge in [0.25, 0.3) is 5.91 Å². The van der Waals surface area contributed by atoms with E-state index in [0.717, 1.165) is 19.3 Å². The second-order valence-corrected chi connectivity index (χ2v) is 7.78. The van der Waals surface area contributed by atoms with Crippen molar-refractivity contribution < 1.29 is 17.9 Å². The Hall–Kier alpha value is -2.38. The van der Waals surface area contributed by atoms with E-state index >= 15 is 0 Å². The number of hydrogen-bond donors (Lipinski definition) is 2. The molecule has 0 aromatic heterocycles. The van der Waals surface area contributed by atoms with Gasteiger partial charge < -0.3 is 10.1 Å². The van der Waals surface area contributed by atoms with Crippen LogP contribution in [0.5, 0.6) is 5.75 Å². The predicted molar refractivity (Wildman–Crippen MR) is 107 cm³/mol. The highest BCUT2D eigenvalue weighted by molar-refractivity contribution is 7.89. The normalized spacial score (nSPS) is 11.2. The Balaban J connectivity index is 2.13. The van der Waals surface area contributed by atoms with E-state index in [1.54, 1.807) is 30.3 Å². The van der Waals surface area contributed by atoms with Crippen LogP contribution in [-0.4, -0.2) is 27.5 Å². The van der Waals surface area contributed by atoms with Gasteiger partial charge in [0, 0.05) is 12.1 Å². The van der Waals surface area contributed by atoms with Crippen LogP contribution in [0, 0.1) is 0 Å². The lowest BCUT2D eigenvalue weighted by Crippen LogP contribution is -2.25. The lowest BCUT2D eigenvalue weighted by Gasteiger charge is -2.12. The first kappa shape index (κ1) is 20.9. The summed E-state index contributed by atoms with van der Waals surface area (Å²) < 4.78 is 32.9. The van der Waals surface area contributed by atoms with Gasteiger partial charge in [0.2, 0.25) is 10.0 Å². The summed E-state index contributed by atoms with van der Waals surface area (Å²) in [7, 11) is -3.64. The number of sulfonamides is 1. The molecule has 2 N–H and O–H groups in total. The number of ether oxygens (including phenoxy) is 1. The molecule has 0 radical (unpaired) electrons. The standard InChI is InChI=1S/C20H26N2O4S/c1-3-5-8-14-21-27(24,25)17-11-9-10-16(15-17)20(23)22-18-12-6-7-13-19(18)26-4-2/h6-7,9-13,15,21H,3-5,8,14H2,1-2H3,(H,22,23). The summed E-state index contributed by atoms with van der Waals surface area (Å²) in [6.07, 6.45) is 2.76. The molecule has 27 heavy (non-hydrogen) atoms. The van der Waals surface area contributed by atoms with Crippen LogP contribution in [0.4, 0.5) is 5.69 Å². The third-order valence-electron chi connectivity index (χ3n) is 3.91. The van der Waals surface area contributed by atoms with Gasteiger partial charge in [-0.05, 0) is 43.7 Å². The van der Waals surface area contributed by atoms with Gasteiger partial charge in [-0.15, -0.1) is 0 Å². The molecule has 0 spiro atoms. The second kappa shape index (κ2) is 10.1. The molecule has 2 aromatic rings. The summed E-state index contributed by atoms with van der Waals surface area (Å²) in [6, 6.07) is 13.1. The number of para-hydroxylation sites is 2. The molecule has 1 amide bonds. The van der Waals surface area contributed by atoms with Crippen LogP contribution in [0.25, 0.3) is 0 Å². The van der Waals surface area contributed by atoms with Crippen molar-refractivity contribution in [3.63, 3.8) is 0 Å². The van der Waals surface area contributed by atoms with E-state index in [-0.39, 0.29) is 10.5 Å². The van der Waals surface area contributed by atoms with Crippen LogP contribution < -0.4 is 14.8 Å². The van der Waals surface area contributed by atoms with E-state index in [9.17, 15) is 13.2 Å². The highest BCUT2D eigenvalue weighted by Gasteiger charge is 2.16. The minimum atomic E-state index is -3.64. The number of hydrogen-bond acceptors (Lipinski definition) is 4. The average Bonchev–Trinajstić information content (AvgIpc) is 2.67. The third-order valence-corrected chi connectivity index (χ3v) is 5.37. The molecule has 0 fully saturated rings. The van der Waals surface area contributed by atoms with E-state index in [1.165, 1.54) is 12.1 Å². The zero-order valence-electron chi connectivity index (χ0n) is 15.7. The van der Waals surface area contributed by atoms with Crippen molar-refractivity contribution in [3.8, 4) is 5.75 Å². The van der Waals surface area contributed by atoms with Crippen LogP contribution in [0.1, 0.15) is 43.5 Å². The number of amides is 1. The number of carbonyl (C=O) groups excluding carboxylic acids is 1. The first-order valence-corrected chi connectivity index (χ1v) is 10.6. The minimum Gasteiger partial charge on any atom is -0.492 e. The van der Waals surface area contributed by atoms with Crippen molar-refractivity contribution in [1.82, 2.24) is 4.72 Å². The molecule has 0 aliphatic heterocycles. The Morgan fingerprint density at radius 3 is 2.56 bits per heavy atom. The number of anilines is 1. The Morgan fingerprint density at radius 1 is 1.04 bits per heavy atom. The SMILES string of the molecule is CCCCCNS(=O)(=O)c1cccc(C(=O)Nc2ccccc2OCC)c1. The molecule has 0 bridgehead atoms. The lowest BCUT2D eigenvalue weighted by atomic mass is 10.2. The van der Waals surface area contributed by atoms with E-state index in [0.29, 0.717) is 24.6 Å². The molecular weight excluding hydrogens is 364 g/mol. The van der Waals surface area contributed by atoms with Gasteiger partial charge in [-0.3, -0.25) is 4.79 Å². The Morgan fingerprint density at radius 2 is 1.81 bits per heavy atom. The minimum absolute atomic E-state index is 0.0738. The van der Waals surface area contributed by atoms with E-state index in [4.69, 9.17) is 4.74 Å². The van der Waals surface area contributed by atoms with Crippen LogP contribution in [0.15, 0.2) is 53.4 Å². The maximum atomic E-state index is 12.6. The van der Waals surface area contributed by atoms with Crippen LogP contribution in [0.3, 0.4) is 0 Å². The summed E-state index contributed by atoms with van der Waals surface area (Å²) in [5.74, 6) is 0.167. The molecular formula is C20H26N2O4S. The fourth-order valence-electron chi connectivity index (χ4n) is 2.52. The molecule has 2 rings (SSSR count). The Kier molecular flexibility index (Phi) is 7.82. The van der Waals surface area contributed by atoms with Crippen molar-refractivity contribution in [2.45, 2.75) is 38.0 Å². The molecule has 6 nitrogen and oxygen atoms in total. The molecule has 2 aromatic carbocycles. The fourth-order valence-corrected chi connectivity index (χ4v) is 3.63. The van der Waals surface area contributed by atoms with E-state index in [2.05, 4.69) is 17.0 Å². The second-order valence-electron chi connectivity index (χ2n) is 6.02. The molecule has 0 saturated heterocycles. The summed E-state index contributed by atoms with van der Waals surface area (Å²) in [6.45, 7) is 4.78. The summed E-state index contributed by atoms with van der Waals surface area (Å²) in [4.78, 5) is 12.6. The first-order valence-electron chi connectivity index (χ1n) is 9.10. The Labute approximate surface area is 161 Å². The topological polar surface area (TPSA) is 84.5 Å². The largest absolute Gasteiger partial charge is 0.492 e. The molecule has 0 atom stereocenters. The average molecular weight is 391 g/mol. The van der Waals surface area contributed by atoms with Gasteiger partial charge in [-0.1, -0.05) is 38.0 Å². The van der Waals surface area contributed by atoms with E-state index < -0.39 is 15.9 Å². The quantitative estimate of drug-likeness (QED) is 0.604. The molecule has 0 saturated carbocycles. The first-order chi connectivity index (χ1) is 13.0. The number of rotatable bonds is 10. The smallest absolute Gasteiger partial charge is 0.255 e. The summed E-state index contributed by atoms with van der Waals surface area (Å²) in [5, 5.41) is 2.77. The number of unbranched alkanes of at least 4 members (excludes halogenated alkanes) is 2. The molecule has 146 valence electrons. The number of nitrogens with one attached hydrogen (secondary N) is 2. The van der Waals surface area contributed by atoms with E-state index in [1.807, 2.05) is 13.0 Å². The van der Waals surface area contributed by atoms with Gasteiger partial charge in [0.15, 0.2) is 0 Å². The molecule has 0 aliphatic carbocycles. The maximum absolute atomic E-state index is 12.6. The van der Waals surface area contributed by atoms with Crippen molar-refractivity contribution in [2.75, 3.05) is 18.5 Å². The van der Waals surface area contributed by atoms with Crippen LogP contribution in [-0.2, 0) is 10.0 Å². The zero-order chi connectivity index (χ0) is 19.7. The highest BCUT2D eigenvalue weighted by Crippen LogP contribution is 2.24. The lowest BCUT2D eigenvalue weighted by molar-refractivity contribution is 0.102. The van der Waals surface area contributed by atoms with Crippen molar-refractivity contribution in [2.24, 2.45) is 0 Å². The van der Waals surface area contributed by atoms with Crippen molar-refractivity contribution in [3.05, 3.63) is 54.1 Å². The highest BCUT2D eigenvalue weighted by atomic mass is 32.2. The summed E-state index contributed by atoms with van der Waals surface area (Å²) >= 11 is 0. The molecule has 0 aliphatic rings. The monoisotopic (exact) mass is 390 g/mol. The molecule has 0 unspecified atom stereocenters. The van der Waals surface area contributed by atoms with Gasteiger partial charge in [-0.25, -0.2) is 13.1 Å². The third kappa shape index (κ3) is 6.08. The number of carbonyl (C=O) groups is 1. The zero-order valence-corrected chi connectivity index (χ0v) is 16.5. The maximum Gasteiger partial charge on any atom is 0.255 e. The van der Waals surface area contributed by atoms with Crippen molar-refractivity contribution >= 4 is 21.6 Å². The molecule has 0 heterocycles. The number of benzene rings is 2.